The predicted octanol–water partition coefficient (Wildman–Crippen LogP) is 4.78. The molecule has 1 unspecified atom stereocenters. The fraction of sp³-hybridized carbons (Fsp3) is 0.556. The summed E-state index contributed by atoms with van der Waals surface area (Å²) in [4.78, 5) is 25.2. The van der Waals surface area contributed by atoms with Crippen LogP contribution < -0.4 is 15.6 Å². The van der Waals surface area contributed by atoms with Crippen molar-refractivity contribution >= 4 is 30.2 Å². The summed E-state index contributed by atoms with van der Waals surface area (Å²) in [7, 11) is -1.49. The van der Waals surface area contributed by atoms with Crippen molar-refractivity contribution in [2.75, 3.05) is 32.0 Å². The monoisotopic (exact) mass is 560 g/mol. The van der Waals surface area contributed by atoms with Crippen molar-refractivity contribution < 1.29 is 23.6 Å². The number of anilines is 1. The number of benzene rings is 1. The molecule has 39 heavy (non-hydrogen) atoms. The quantitative estimate of drug-likeness (QED) is 0.197. The van der Waals surface area contributed by atoms with Gasteiger partial charge in [-0.25, -0.2) is 15.0 Å². The predicted molar refractivity (Wildman–Crippen MR) is 152 cm³/mol. The van der Waals surface area contributed by atoms with E-state index in [4.69, 9.17) is 19.9 Å². The van der Waals surface area contributed by atoms with Crippen molar-refractivity contribution in [1.82, 2.24) is 24.6 Å². The number of hydrogen-bond acceptors (Lipinski definition) is 9. The van der Waals surface area contributed by atoms with Crippen LogP contribution in [0.4, 0.5) is 5.82 Å². The maximum atomic E-state index is 14.3. The number of nitrogens with one attached hydrogen (secondary N) is 1. The average Bonchev–Trinajstić information content (AvgIpc) is 3.33. The van der Waals surface area contributed by atoms with Crippen molar-refractivity contribution in [3.05, 3.63) is 42.5 Å². The van der Waals surface area contributed by atoms with Gasteiger partial charge in [-0.1, -0.05) is 19.1 Å². The molecular weight excluding hydrogens is 519 g/mol. The molecule has 1 aromatic carbocycles. The largest absolute Gasteiger partial charge is 0.497 e. The second-order valence-corrected chi connectivity index (χ2v) is 13.2. The van der Waals surface area contributed by atoms with Gasteiger partial charge >= 0.3 is 5.97 Å². The summed E-state index contributed by atoms with van der Waals surface area (Å²) in [5.74, 6) is 0.771. The summed E-state index contributed by atoms with van der Waals surface area (Å²) in [5.41, 5.74) is 7.23. The Morgan fingerprint density at radius 3 is 2.56 bits per heavy atom. The van der Waals surface area contributed by atoms with Gasteiger partial charge in [0.25, 0.3) is 0 Å². The summed E-state index contributed by atoms with van der Waals surface area (Å²) in [6.45, 7) is 10.3. The number of ether oxygens (including phenoxy) is 3. The number of hydrogen-bond donors (Lipinski definition) is 2. The van der Waals surface area contributed by atoms with Gasteiger partial charge in [-0.05, 0) is 58.2 Å². The fourth-order valence-electron chi connectivity index (χ4n) is 4.05. The number of carbonyl (C=O) groups is 1. The van der Waals surface area contributed by atoms with Crippen molar-refractivity contribution in [3.8, 4) is 5.75 Å². The second kappa shape index (κ2) is 13.4. The number of rotatable bonds is 15. The highest BCUT2D eigenvalue weighted by Crippen LogP contribution is 2.47. The van der Waals surface area contributed by atoms with Gasteiger partial charge in [-0.15, -0.1) is 0 Å². The molecule has 0 saturated heterocycles. The number of methoxy groups -OCH3 is 1. The topological polar surface area (TPSA) is 143 Å². The molecule has 2 heterocycles. The SMILES string of the molecule is CCCOC(=O)C(C)(C)CCP(=O)(CO[C@H](C)Cn1cnc2c(N)ncnc21)N[C@@H](C)c1ccc(OC)cc1. The summed E-state index contributed by atoms with van der Waals surface area (Å²) in [5, 5.41) is 3.33. The molecule has 3 rings (SSSR count). The van der Waals surface area contributed by atoms with E-state index in [0.29, 0.717) is 36.6 Å². The highest BCUT2D eigenvalue weighted by atomic mass is 31.2. The van der Waals surface area contributed by atoms with E-state index in [0.717, 1.165) is 17.7 Å². The van der Waals surface area contributed by atoms with Gasteiger partial charge in [-0.2, -0.15) is 0 Å². The van der Waals surface area contributed by atoms with E-state index in [9.17, 15) is 9.36 Å². The van der Waals surface area contributed by atoms with Crippen LogP contribution in [0.25, 0.3) is 11.2 Å². The van der Waals surface area contributed by atoms with E-state index in [1.165, 1.54) is 6.33 Å². The van der Waals surface area contributed by atoms with E-state index in [-0.39, 0.29) is 30.6 Å². The van der Waals surface area contributed by atoms with Crippen LogP contribution in [0.15, 0.2) is 36.9 Å². The molecule has 3 N–H and O–H groups in total. The van der Waals surface area contributed by atoms with E-state index in [2.05, 4.69) is 20.0 Å². The average molecular weight is 561 g/mol. The maximum absolute atomic E-state index is 14.3. The molecular formula is C27H41N6O5P. The molecule has 0 bridgehead atoms. The number of nitrogen functional groups attached to an aromatic ring is 1. The minimum Gasteiger partial charge on any atom is -0.497 e. The van der Waals surface area contributed by atoms with Crippen LogP contribution in [0.1, 0.15) is 59.1 Å². The molecule has 0 saturated carbocycles. The van der Waals surface area contributed by atoms with Crippen molar-refractivity contribution in [3.63, 3.8) is 0 Å². The molecule has 12 heteroatoms. The highest BCUT2D eigenvalue weighted by Gasteiger charge is 2.34. The van der Waals surface area contributed by atoms with Gasteiger partial charge in [-0.3, -0.25) is 9.88 Å². The third-order valence-corrected chi connectivity index (χ3v) is 8.95. The Balaban J connectivity index is 1.72. The normalized spacial score (nSPS) is 15.0. The van der Waals surface area contributed by atoms with Crippen molar-refractivity contribution in [2.45, 2.75) is 66.2 Å². The molecule has 0 aliphatic carbocycles. The molecule has 0 radical (unpaired) electrons. The molecule has 0 aliphatic heterocycles. The zero-order chi connectivity index (χ0) is 28.6. The van der Waals surface area contributed by atoms with Crippen molar-refractivity contribution in [1.29, 1.82) is 0 Å². The maximum Gasteiger partial charge on any atom is 0.311 e. The smallest absolute Gasteiger partial charge is 0.311 e. The van der Waals surface area contributed by atoms with Gasteiger partial charge in [0, 0.05) is 12.2 Å². The number of imidazole rings is 1. The van der Waals surface area contributed by atoms with Crippen LogP contribution in [0, 0.1) is 5.41 Å². The number of esters is 1. The van der Waals surface area contributed by atoms with Crippen LogP contribution in [0.2, 0.25) is 0 Å². The second-order valence-electron chi connectivity index (χ2n) is 10.4. The van der Waals surface area contributed by atoms with E-state index in [1.54, 1.807) is 13.4 Å². The Morgan fingerprint density at radius 1 is 1.18 bits per heavy atom. The van der Waals surface area contributed by atoms with Crippen LogP contribution in [0.3, 0.4) is 0 Å². The number of fused-ring (bicyclic) bond motifs is 1. The van der Waals surface area contributed by atoms with Crippen LogP contribution >= 0.6 is 7.29 Å². The van der Waals surface area contributed by atoms with Gasteiger partial charge in [0.05, 0.1) is 38.1 Å². The standard InChI is InChI=1S/C27H41N6O5P/c1-7-13-37-26(34)27(4,5)12-14-39(35,32-20(3)21-8-10-22(36-6)11-9-21)18-38-19(2)15-33-17-31-23-24(28)29-16-30-25(23)33/h8-11,16-17,19-20H,7,12-15,18H2,1-6H3,(H,32,35)(H2,28,29,30)/t19-,20+,39?/m1/s1. The molecule has 11 nitrogen and oxygen atoms in total. The number of aromatic nitrogens is 4. The number of nitrogens with two attached hydrogens (primary N) is 1. The Hall–Kier alpha value is -3.01. The van der Waals surface area contributed by atoms with Gasteiger partial charge in [0.2, 0.25) is 0 Å². The number of nitrogens with zero attached hydrogens (tertiary/aromatic N) is 4. The summed E-state index contributed by atoms with van der Waals surface area (Å²) in [6, 6.07) is 7.40. The minimum atomic E-state index is -3.10. The molecule has 3 atom stereocenters. The first-order valence-corrected chi connectivity index (χ1v) is 15.3. The first kappa shape index (κ1) is 30.5. The molecule has 0 fully saturated rings. The Labute approximate surface area is 230 Å². The van der Waals surface area contributed by atoms with E-state index < -0.39 is 12.7 Å². The first-order valence-electron chi connectivity index (χ1n) is 13.2. The number of carbonyl (C=O) groups excluding carboxylic acids is 1. The molecule has 0 amide bonds. The van der Waals surface area contributed by atoms with Gasteiger partial charge < -0.3 is 29.1 Å². The van der Waals surface area contributed by atoms with Crippen LogP contribution in [0.5, 0.6) is 5.75 Å². The van der Waals surface area contributed by atoms with Crippen LogP contribution in [-0.4, -0.2) is 57.8 Å². The van der Waals surface area contributed by atoms with Gasteiger partial charge in [0.1, 0.15) is 23.9 Å². The molecule has 0 aliphatic rings. The zero-order valence-electron chi connectivity index (χ0n) is 23.7. The molecule has 2 aromatic heterocycles. The first-order chi connectivity index (χ1) is 18.5. The lowest BCUT2D eigenvalue weighted by molar-refractivity contribution is -0.154. The minimum absolute atomic E-state index is 0.00149. The van der Waals surface area contributed by atoms with E-state index >= 15 is 0 Å². The summed E-state index contributed by atoms with van der Waals surface area (Å²) < 4.78 is 32.9. The fourth-order valence-corrected chi connectivity index (χ4v) is 6.65. The lowest BCUT2D eigenvalue weighted by Gasteiger charge is -2.29. The molecule has 3 aromatic rings. The lowest BCUT2D eigenvalue weighted by atomic mass is 9.90. The van der Waals surface area contributed by atoms with Gasteiger partial charge in [0.15, 0.2) is 18.8 Å². The molecule has 0 spiro atoms. The summed E-state index contributed by atoms with van der Waals surface area (Å²) in [6.07, 6.45) is 4.14. The Kier molecular flexibility index (Phi) is 10.5. The zero-order valence-corrected chi connectivity index (χ0v) is 24.6. The third-order valence-electron chi connectivity index (χ3n) is 6.58. The summed E-state index contributed by atoms with van der Waals surface area (Å²) >= 11 is 0. The Bertz CT molecular complexity index is 1280. The molecule has 214 valence electrons. The highest BCUT2D eigenvalue weighted by molar-refractivity contribution is 7.61. The third kappa shape index (κ3) is 8.24. The van der Waals surface area contributed by atoms with Crippen LogP contribution in [-0.2, 0) is 25.4 Å². The lowest BCUT2D eigenvalue weighted by Crippen LogP contribution is -2.30. The van der Waals surface area contributed by atoms with Crippen molar-refractivity contribution in [2.24, 2.45) is 5.41 Å². The van der Waals surface area contributed by atoms with E-state index in [1.807, 2.05) is 63.5 Å². The Morgan fingerprint density at radius 2 is 1.90 bits per heavy atom.